The summed E-state index contributed by atoms with van der Waals surface area (Å²) in [6.45, 7) is 3.36. The number of likely N-dealkylation sites (tertiary alicyclic amines) is 1. The van der Waals surface area contributed by atoms with Crippen LogP contribution in [0.15, 0.2) is 62.5 Å². The van der Waals surface area contributed by atoms with Gasteiger partial charge in [-0.05, 0) is 54.7 Å². The molecule has 3 heterocycles. The Morgan fingerprint density at radius 3 is 2.53 bits per heavy atom. The highest BCUT2D eigenvalue weighted by Gasteiger charge is 2.45. The van der Waals surface area contributed by atoms with Crippen molar-refractivity contribution in [2.75, 3.05) is 19.6 Å². The number of aliphatic imine (C=N–C) groups is 3. The molecular weight excluding hydrogens is 417 g/mol. The maximum Gasteiger partial charge on any atom is 0.416 e. The van der Waals surface area contributed by atoms with Gasteiger partial charge in [-0.1, -0.05) is 30.4 Å². The Morgan fingerprint density at radius 2 is 1.81 bits per heavy atom. The fourth-order valence-electron chi connectivity index (χ4n) is 5.20. The van der Waals surface area contributed by atoms with Crippen LogP contribution in [-0.2, 0) is 11.0 Å². The number of amidine groups is 2. The molecule has 166 valence electrons. The van der Waals surface area contributed by atoms with E-state index in [1.807, 2.05) is 19.1 Å². The van der Waals surface area contributed by atoms with Crippen molar-refractivity contribution in [3.05, 3.63) is 58.7 Å². The minimum Gasteiger partial charge on any atom is -0.335 e. The highest BCUT2D eigenvalue weighted by molar-refractivity contribution is 6.41. The van der Waals surface area contributed by atoms with Crippen LogP contribution in [0.25, 0.3) is 0 Å². The number of rotatable bonds is 2. The van der Waals surface area contributed by atoms with E-state index < -0.39 is 11.7 Å². The Kier molecular flexibility index (Phi) is 5.10. The topological polar surface area (TPSA) is 57.4 Å². The normalized spacial score (nSPS) is 27.1. The number of carbonyl (C=O) groups excluding carboxylic acids is 1. The van der Waals surface area contributed by atoms with Crippen LogP contribution in [0.4, 0.5) is 13.2 Å². The monoisotopic (exact) mass is 440 g/mol. The minimum atomic E-state index is -4.35. The molecule has 0 aromatic heterocycles. The van der Waals surface area contributed by atoms with Gasteiger partial charge < -0.3 is 4.90 Å². The molecule has 3 aliphatic heterocycles. The van der Waals surface area contributed by atoms with E-state index in [0.717, 1.165) is 17.2 Å². The largest absolute Gasteiger partial charge is 0.416 e. The van der Waals surface area contributed by atoms with Crippen molar-refractivity contribution in [1.29, 1.82) is 0 Å². The quantitative estimate of drug-likeness (QED) is 0.672. The number of amides is 1. The van der Waals surface area contributed by atoms with Gasteiger partial charge in [-0.15, -0.1) is 0 Å². The molecular formula is C24H23F3N4O. The molecule has 5 rings (SSSR count). The lowest BCUT2D eigenvalue weighted by Crippen LogP contribution is -2.36. The SMILES string of the molecule is CC1=CC=C2CN=C(C(=O)N3C[C@H]4CC(c5ccccc5C(F)(F)F)C[C@H]4C3)N=C2N=C1. The lowest BCUT2D eigenvalue weighted by atomic mass is 9.91. The molecule has 1 aromatic rings. The second-order valence-corrected chi connectivity index (χ2v) is 8.92. The van der Waals surface area contributed by atoms with Crippen LogP contribution in [0, 0.1) is 11.8 Å². The Bertz CT molecular complexity index is 1100. The molecule has 0 bridgehead atoms. The second-order valence-electron chi connectivity index (χ2n) is 8.92. The first-order valence-electron chi connectivity index (χ1n) is 10.8. The van der Waals surface area contributed by atoms with E-state index in [9.17, 15) is 18.0 Å². The summed E-state index contributed by atoms with van der Waals surface area (Å²) in [6.07, 6.45) is 2.55. The first kappa shape index (κ1) is 20.8. The smallest absolute Gasteiger partial charge is 0.335 e. The molecule has 1 saturated carbocycles. The van der Waals surface area contributed by atoms with Gasteiger partial charge in [-0.25, -0.2) is 9.98 Å². The van der Waals surface area contributed by atoms with Gasteiger partial charge in [0.15, 0.2) is 5.84 Å². The predicted molar refractivity (Wildman–Crippen MR) is 117 cm³/mol. The summed E-state index contributed by atoms with van der Waals surface area (Å²) >= 11 is 0. The summed E-state index contributed by atoms with van der Waals surface area (Å²) in [5.41, 5.74) is 1.71. The minimum absolute atomic E-state index is 0.129. The number of hydrogen-bond acceptors (Lipinski definition) is 4. The van der Waals surface area contributed by atoms with Gasteiger partial charge in [0.25, 0.3) is 5.91 Å². The van der Waals surface area contributed by atoms with Crippen molar-refractivity contribution >= 4 is 23.8 Å². The van der Waals surface area contributed by atoms with E-state index in [0.29, 0.717) is 43.9 Å². The third-order valence-electron chi connectivity index (χ3n) is 6.77. The highest BCUT2D eigenvalue weighted by Crippen LogP contribution is 2.48. The third kappa shape index (κ3) is 3.82. The number of halogens is 3. The lowest BCUT2D eigenvalue weighted by molar-refractivity contribution is -0.138. The van der Waals surface area contributed by atoms with Crippen molar-refractivity contribution in [2.24, 2.45) is 26.8 Å². The van der Waals surface area contributed by atoms with E-state index in [2.05, 4.69) is 15.0 Å². The van der Waals surface area contributed by atoms with E-state index in [1.165, 1.54) is 6.07 Å². The summed E-state index contributed by atoms with van der Waals surface area (Å²) in [4.78, 5) is 27.9. The summed E-state index contributed by atoms with van der Waals surface area (Å²) in [6, 6.07) is 5.87. The average molecular weight is 440 g/mol. The summed E-state index contributed by atoms with van der Waals surface area (Å²) in [7, 11) is 0. The van der Waals surface area contributed by atoms with E-state index in [4.69, 9.17) is 0 Å². The molecule has 1 unspecified atom stereocenters. The number of allylic oxidation sites excluding steroid dienone is 3. The predicted octanol–water partition coefficient (Wildman–Crippen LogP) is 4.43. The molecule has 1 saturated heterocycles. The van der Waals surface area contributed by atoms with Crippen molar-refractivity contribution in [2.45, 2.75) is 31.9 Å². The van der Waals surface area contributed by atoms with Crippen LogP contribution >= 0.6 is 0 Å². The fourth-order valence-corrected chi connectivity index (χ4v) is 5.20. The van der Waals surface area contributed by atoms with Gasteiger partial charge >= 0.3 is 6.18 Å². The van der Waals surface area contributed by atoms with Gasteiger partial charge in [0, 0.05) is 24.9 Å². The Balaban J connectivity index is 1.27. The zero-order chi connectivity index (χ0) is 22.5. The van der Waals surface area contributed by atoms with Gasteiger partial charge in [-0.3, -0.25) is 9.79 Å². The number of nitrogens with zero attached hydrogens (tertiary/aromatic N) is 4. The summed E-state index contributed by atoms with van der Waals surface area (Å²) < 4.78 is 40.3. The van der Waals surface area contributed by atoms with Crippen molar-refractivity contribution in [1.82, 2.24) is 4.90 Å². The van der Waals surface area contributed by atoms with Crippen LogP contribution < -0.4 is 0 Å². The average Bonchev–Trinajstić information content (AvgIpc) is 3.29. The number of fused-ring (bicyclic) bond motifs is 2. The zero-order valence-corrected chi connectivity index (χ0v) is 17.6. The first-order chi connectivity index (χ1) is 15.3. The molecule has 4 aliphatic rings. The lowest BCUT2D eigenvalue weighted by Gasteiger charge is -2.22. The molecule has 1 amide bonds. The van der Waals surface area contributed by atoms with Crippen LogP contribution in [0.3, 0.4) is 0 Å². The second kappa shape index (κ2) is 7.83. The van der Waals surface area contributed by atoms with E-state index >= 15 is 0 Å². The van der Waals surface area contributed by atoms with E-state index in [1.54, 1.807) is 23.2 Å². The van der Waals surface area contributed by atoms with Crippen LogP contribution in [0.1, 0.15) is 36.8 Å². The van der Waals surface area contributed by atoms with Crippen molar-refractivity contribution in [3.63, 3.8) is 0 Å². The number of benzene rings is 1. The maximum absolute atomic E-state index is 13.4. The third-order valence-corrected chi connectivity index (χ3v) is 6.77. The zero-order valence-electron chi connectivity index (χ0n) is 17.6. The van der Waals surface area contributed by atoms with Gasteiger partial charge in [-0.2, -0.15) is 13.2 Å². The van der Waals surface area contributed by atoms with Crippen molar-refractivity contribution < 1.29 is 18.0 Å². The Hall–Kier alpha value is -3.03. The molecule has 32 heavy (non-hydrogen) atoms. The van der Waals surface area contributed by atoms with Gasteiger partial charge in [0.2, 0.25) is 5.84 Å². The molecule has 1 aromatic carbocycles. The first-order valence-corrected chi connectivity index (χ1v) is 10.8. The highest BCUT2D eigenvalue weighted by atomic mass is 19.4. The molecule has 5 nitrogen and oxygen atoms in total. The Labute approximate surface area is 184 Å². The summed E-state index contributed by atoms with van der Waals surface area (Å²) in [5, 5.41) is 0. The van der Waals surface area contributed by atoms with Crippen LogP contribution in [0.2, 0.25) is 0 Å². The number of hydrogen-bond donors (Lipinski definition) is 0. The molecule has 0 spiro atoms. The van der Waals surface area contributed by atoms with Crippen molar-refractivity contribution in [3.8, 4) is 0 Å². The number of alkyl halides is 3. The van der Waals surface area contributed by atoms with Gasteiger partial charge in [0.1, 0.15) is 0 Å². The van der Waals surface area contributed by atoms with Crippen LogP contribution in [-0.4, -0.2) is 48.3 Å². The number of carbonyl (C=O) groups is 1. The van der Waals surface area contributed by atoms with E-state index in [-0.39, 0.29) is 29.5 Å². The molecule has 0 radical (unpaired) electrons. The Morgan fingerprint density at radius 1 is 1.09 bits per heavy atom. The molecule has 3 atom stereocenters. The molecule has 2 fully saturated rings. The fraction of sp³-hybridized carbons (Fsp3) is 0.417. The molecule has 8 heteroatoms. The maximum atomic E-state index is 13.4. The molecule has 1 aliphatic carbocycles. The summed E-state index contributed by atoms with van der Waals surface area (Å²) in [5.74, 6) is 0.714. The standard InChI is InChI=1S/C24H23F3N4O/c1-14-6-7-15-11-29-22(30-21(15)28-10-14)23(32)31-12-17-8-16(9-18(17)13-31)19-4-2-3-5-20(19)24(25,26)27/h2-7,10,16-18H,8-9,11-13H2,1H3/t16?,17-,18+. The van der Waals surface area contributed by atoms with Crippen LogP contribution in [0.5, 0.6) is 0 Å². The molecule has 0 N–H and O–H groups in total. The van der Waals surface area contributed by atoms with Gasteiger partial charge in [0.05, 0.1) is 12.1 Å².